The molecule has 0 aliphatic heterocycles. The van der Waals surface area contributed by atoms with E-state index >= 15 is 4.39 Å². The molecule has 4 aromatic rings. The molecule has 0 atom stereocenters. The van der Waals surface area contributed by atoms with Crippen molar-refractivity contribution in [3.05, 3.63) is 99.6 Å². The second-order valence-electron chi connectivity index (χ2n) is 10.00. The van der Waals surface area contributed by atoms with Crippen molar-refractivity contribution in [1.82, 2.24) is 14.5 Å². The van der Waals surface area contributed by atoms with E-state index in [4.69, 9.17) is 9.72 Å². The van der Waals surface area contributed by atoms with Crippen LogP contribution in [0.25, 0.3) is 22.3 Å². The third-order valence-corrected chi connectivity index (χ3v) is 6.43. The lowest BCUT2D eigenvalue weighted by Crippen LogP contribution is -2.32. The first-order valence-corrected chi connectivity index (χ1v) is 12.8. The summed E-state index contributed by atoms with van der Waals surface area (Å²) in [5.41, 5.74) is 2.49. The van der Waals surface area contributed by atoms with Gasteiger partial charge in [-0.1, -0.05) is 37.3 Å². The summed E-state index contributed by atoms with van der Waals surface area (Å²) in [5.74, 6) is 0.442. The van der Waals surface area contributed by atoms with Crippen molar-refractivity contribution in [1.29, 1.82) is 5.26 Å². The van der Waals surface area contributed by atoms with E-state index in [1.807, 2.05) is 6.92 Å². The minimum absolute atomic E-state index is 0.0137. The number of nitrogens with zero attached hydrogens (tertiary/aromatic N) is 4. The smallest absolute Gasteiger partial charge is 0.262 e. The number of aliphatic hydroxyl groups is 1. The van der Waals surface area contributed by atoms with E-state index in [1.54, 1.807) is 75.5 Å². The quantitative estimate of drug-likeness (QED) is 0.312. The fraction of sp³-hybridized carbons (Fsp3) is 0.290. The second-order valence-corrected chi connectivity index (χ2v) is 10.00. The van der Waals surface area contributed by atoms with E-state index in [9.17, 15) is 15.2 Å². The number of pyridine rings is 1. The fourth-order valence-electron chi connectivity index (χ4n) is 4.38. The van der Waals surface area contributed by atoms with Gasteiger partial charge >= 0.3 is 0 Å². The van der Waals surface area contributed by atoms with Gasteiger partial charge in [-0.25, -0.2) is 14.4 Å². The number of halogens is 1. The van der Waals surface area contributed by atoms with Crippen LogP contribution in [-0.4, -0.2) is 31.8 Å². The molecule has 0 bridgehead atoms. The Morgan fingerprint density at radius 3 is 2.51 bits per heavy atom. The van der Waals surface area contributed by atoms with Crippen LogP contribution < -0.4 is 10.3 Å². The highest BCUT2D eigenvalue weighted by atomic mass is 19.1. The molecule has 0 saturated carbocycles. The van der Waals surface area contributed by atoms with E-state index in [0.717, 1.165) is 6.42 Å². The first-order valence-electron chi connectivity index (χ1n) is 12.8. The largest absolute Gasteiger partial charge is 0.469 e. The molecule has 0 spiro atoms. The van der Waals surface area contributed by atoms with Gasteiger partial charge in [-0.05, 0) is 56.5 Å². The zero-order valence-electron chi connectivity index (χ0n) is 22.5. The van der Waals surface area contributed by atoms with Gasteiger partial charge in [0.25, 0.3) is 5.56 Å². The molecule has 8 heteroatoms. The number of hydrogen-bond acceptors (Lipinski definition) is 6. The van der Waals surface area contributed by atoms with Crippen molar-refractivity contribution in [2.75, 3.05) is 6.61 Å². The molecule has 39 heavy (non-hydrogen) atoms. The zero-order chi connectivity index (χ0) is 28.2. The Kier molecular flexibility index (Phi) is 8.22. The summed E-state index contributed by atoms with van der Waals surface area (Å²) in [6.07, 6.45) is 2.87. The Balaban J connectivity index is 1.73. The summed E-state index contributed by atoms with van der Waals surface area (Å²) >= 11 is 0. The highest BCUT2D eigenvalue weighted by Crippen LogP contribution is 2.26. The first-order chi connectivity index (χ1) is 18.7. The van der Waals surface area contributed by atoms with Gasteiger partial charge in [0.05, 0.1) is 36.0 Å². The normalized spacial score (nSPS) is 11.3. The average molecular weight is 527 g/mol. The first kappa shape index (κ1) is 27.7. The monoisotopic (exact) mass is 526 g/mol. The number of nitriles is 1. The van der Waals surface area contributed by atoms with Gasteiger partial charge < -0.3 is 9.84 Å². The minimum Gasteiger partial charge on any atom is -0.469 e. The number of aromatic nitrogens is 3. The minimum atomic E-state index is -0.795. The van der Waals surface area contributed by atoms with Crippen molar-refractivity contribution in [3.8, 4) is 34.2 Å². The number of benzene rings is 2. The maximum absolute atomic E-state index is 15.4. The van der Waals surface area contributed by atoms with Crippen LogP contribution in [0.4, 0.5) is 4.39 Å². The number of rotatable bonds is 9. The molecule has 0 saturated heterocycles. The molecule has 0 unspecified atom stereocenters. The molecule has 4 rings (SSSR count). The molecule has 2 aromatic heterocycles. The third kappa shape index (κ3) is 6.05. The molecule has 200 valence electrons. The maximum atomic E-state index is 15.4. The summed E-state index contributed by atoms with van der Waals surface area (Å²) in [7, 11) is 0. The van der Waals surface area contributed by atoms with Crippen LogP contribution in [0.2, 0.25) is 0 Å². The van der Waals surface area contributed by atoms with E-state index in [2.05, 4.69) is 11.1 Å². The Labute approximate surface area is 227 Å². The van der Waals surface area contributed by atoms with Gasteiger partial charge in [-0.3, -0.25) is 9.36 Å². The summed E-state index contributed by atoms with van der Waals surface area (Å²) in [4.78, 5) is 22.8. The zero-order valence-corrected chi connectivity index (χ0v) is 22.5. The number of aryl methyl sites for hydroxylation is 2. The average Bonchev–Trinajstić information content (AvgIpc) is 2.92. The Morgan fingerprint density at radius 1 is 1.13 bits per heavy atom. The van der Waals surface area contributed by atoms with Crippen molar-refractivity contribution >= 4 is 0 Å². The van der Waals surface area contributed by atoms with Crippen LogP contribution in [0.5, 0.6) is 5.88 Å². The molecular weight excluding hydrogens is 495 g/mol. The third-order valence-electron chi connectivity index (χ3n) is 6.43. The molecule has 0 aliphatic carbocycles. The molecule has 2 heterocycles. The number of hydrogen-bond donors (Lipinski definition) is 1. The van der Waals surface area contributed by atoms with Gasteiger partial charge in [0.15, 0.2) is 0 Å². The highest BCUT2D eigenvalue weighted by molar-refractivity contribution is 5.70. The van der Waals surface area contributed by atoms with Crippen LogP contribution in [0.15, 0.2) is 65.6 Å². The van der Waals surface area contributed by atoms with Crippen LogP contribution in [-0.2, 0) is 13.0 Å². The lowest BCUT2D eigenvalue weighted by Gasteiger charge is -2.23. The van der Waals surface area contributed by atoms with Gasteiger partial charge in [0.1, 0.15) is 17.2 Å². The van der Waals surface area contributed by atoms with Crippen molar-refractivity contribution in [3.63, 3.8) is 0 Å². The van der Waals surface area contributed by atoms with E-state index in [0.29, 0.717) is 57.2 Å². The van der Waals surface area contributed by atoms with Crippen LogP contribution in [0.3, 0.4) is 0 Å². The fourth-order valence-corrected chi connectivity index (χ4v) is 4.38. The summed E-state index contributed by atoms with van der Waals surface area (Å²) < 4.78 is 22.6. The topological polar surface area (TPSA) is 101 Å². The van der Waals surface area contributed by atoms with E-state index in [1.165, 1.54) is 10.6 Å². The van der Waals surface area contributed by atoms with Gasteiger partial charge in [0, 0.05) is 29.8 Å². The molecule has 0 aliphatic rings. The lowest BCUT2D eigenvalue weighted by atomic mass is 9.99. The van der Waals surface area contributed by atoms with E-state index < -0.39 is 11.4 Å². The van der Waals surface area contributed by atoms with Crippen molar-refractivity contribution in [2.24, 2.45) is 0 Å². The summed E-state index contributed by atoms with van der Waals surface area (Å²) in [6, 6.07) is 17.4. The molecule has 2 aromatic carbocycles. The number of aliphatic hydroxyl groups excluding tert-OH is 1. The SMILES string of the molecule is CCCc1nc(C)c(-c2ccc(OC(C)(C)CO)nc2)c(=O)n1Cc1ccc(-c2ccccc2C#N)cc1F. The van der Waals surface area contributed by atoms with Crippen LogP contribution in [0, 0.1) is 24.1 Å². The summed E-state index contributed by atoms with van der Waals surface area (Å²) in [5, 5.41) is 18.9. The summed E-state index contributed by atoms with van der Waals surface area (Å²) in [6.45, 7) is 7.11. The van der Waals surface area contributed by atoms with Crippen molar-refractivity contribution < 1.29 is 14.2 Å². The molecule has 7 nitrogen and oxygen atoms in total. The van der Waals surface area contributed by atoms with Gasteiger partial charge in [-0.15, -0.1) is 0 Å². The lowest BCUT2D eigenvalue weighted by molar-refractivity contribution is 0.0373. The van der Waals surface area contributed by atoms with Gasteiger partial charge in [-0.2, -0.15) is 5.26 Å². The second kappa shape index (κ2) is 11.6. The molecule has 0 amide bonds. The van der Waals surface area contributed by atoms with Crippen LogP contribution in [0.1, 0.15) is 49.8 Å². The highest BCUT2D eigenvalue weighted by Gasteiger charge is 2.21. The number of ether oxygens (including phenoxy) is 1. The molecule has 0 radical (unpaired) electrons. The van der Waals surface area contributed by atoms with Crippen LogP contribution >= 0.6 is 0 Å². The Bertz CT molecular complexity index is 1590. The molecule has 0 fully saturated rings. The molecule has 1 N–H and O–H groups in total. The predicted octanol–water partition coefficient (Wildman–Crippen LogP) is 5.44. The van der Waals surface area contributed by atoms with E-state index in [-0.39, 0.29) is 18.7 Å². The Hall–Kier alpha value is -4.35. The molecular formula is C31H31FN4O3. The van der Waals surface area contributed by atoms with Gasteiger partial charge in [0.2, 0.25) is 5.88 Å². The maximum Gasteiger partial charge on any atom is 0.262 e. The van der Waals surface area contributed by atoms with Crippen molar-refractivity contribution in [2.45, 2.75) is 52.7 Å². The predicted molar refractivity (Wildman–Crippen MR) is 148 cm³/mol. The Morgan fingerprint density at radius 2 is 1.87 bits per heavy atom. The standard InChI is InChI=1S/C31H31FN4O3/c1-5-8-27-35-20(2)29(23-13-14-28(34-17-23)39-31(3,4)19-37)30(38)36(27)18-24-12-11-21(15-26(24)32)25-10-7-6-9-22(25)16-33/h6-7,9-15,17,37H,5,8,18-19H2,1-4H3.